The van der Waals surface area contributed by atoms with Gasteiger partial charge in [0.2, 0.25) is 0 Å². The highest BCUT2D eigenvalue weighted by Gasteiger charge is 2.47. The number of hydrogen-bond donors (Lipinski definition) is 1. The van der Waals surface area contributed by atoms with Crippen LogP contribution in [0.5, 0.6) is 0 Å². The SMILES string of the molecule is CCc1cn([C@H]2C[C@@H]3O[P@@](=O)(OC)OC[C@H]3O2)c(=O)[nH]c1=O. The van der Waals surface area contributed by atoms with Crippen molar-refractivity contribution in [2.45, 2.75) is 38.2 Å². The molecule has 0 aromatic carbocycles. The molecule has 9 nitrogen and oxygen atoms in total. The molecule has 0 spiro atoms. The maximum absolute atomic E-state index is 12.0. The van der Waals surface area contributed by atoms with Gasteiger partial charge in [0.15, 0.2) is 0 Å². The van der Waals surface area contributed by atoms with E-state index in [-0.39, 0.29) is 6.61 Å². The summed E-state index contributed by atoms with van der Waals surface area (Å²) in [5.74, 6) is 0. The van der Waals surface area contributed by atoms with E-state index in [0.29, 0.717) is 18.4 Å². The first-order valence-electron chi connectivity index (χ1n) is 6.94. The van der Waals surface area contributed by atoms with Crippen LogP contribution in [0.15, 0.2) is 15.8 Å². The monoisotopic (exact) mass is 332 g/mol. The van der Waals surface area contributed by atoms with Crippen LogP contribution in [0.3, 0.4) is 0 Å². The smallest absolute Gasteiger partial charge is 0.349 e. The maximum Gasteiger partial charge on any atom is 0.474 e. The van der Waals surface area contributed by atoms with Gasteiger partial charge in [0.25, 0.3) is 5.56 Å². The van der Waals surface area contributed by atoms with Crippen LogP contribution in [-0.4, -0.2) is 35.5 Å². The fourth-order valence-corrected chi connectivity index (χ4v) is 3.72. The standard InChI is InChI=1S/C12H17N2O7P/c1-3-7-5-14(12(16)13-11(7)15)10-4-8-9(20-10)6-19-22(17,18-2)21-8/h5,8-10H,3-4,6H2,1-2H3,(H,13,15,16)/t8-,9+,10+,22-/m0/s1. The molecule has 22 heavy (non-hydrogen) atoms. The van der Waals surface area contributed by atoms with Gasteiger partial charge in [0, 0.05) is 25.3 Å². The highest BCUT2D eigenvalue weighted by atomic mass is 31.2. The Morgan fingerprint density at radius 3 is 2.91 bits per heavy atom. The Labute approximate surface area is 125 Å². The summed E-state index contributed by atoms with van der Waals surface area (Å²) < 4.78 is 34.1. The molecule has 3 rings (SSSR count). The Balaban J connectivity index is 1.86. The number of H-pyrrole nitrogens is 1. The summed E-state index contributed by atoms with van der Waals surface area (Å²) in [5, 5.41) is 0. The molecule has 2 fully saturated rings. The molecule has 0 bridgehead atoms. The predicted molar refractivity (Wildman–Crippen MR) is 74.7 cm³/mol. The summed E-state index contributed by atoms with van der Waals surface area (Å²) in [7, 11) is -2.30. The molecule has 2 saturated heterocycles. The molecule has 0 unspecified atom stereocenters. The minimum absolute atomic E-state index is 0.0605. The zero-order chi connectivity index (χ0) is 15.9. The Kier molecular flexibility index (Phi) is 4.09. The second kappa shape index (κ2) is 5.75. The van der Waals surface area contributed by atoms with E-state index in [9.17, 15) is 14.2 Å². The van der Waals surface area contributed by atoms with Crippen LogP contribution in [0, 0.1) is 0 Å². The topological polar surface area (TPSA) is 109 Å². The van der Waals surface area contributed by atoms with E-state index in [0.717, 1.165) is 0 Å². The number of aryl methyl sites for hydroxylation is 1. The van der Waals surface area contributed by atoms with Crippen molar-refractivity contribution in [3.63, 3.8) is 0 Å². The van der Waals surface area contributed by atoms with E-state index in [1.807, 2.05) is 6.92 Å². The Morgan fingerprint density at radius 1 is 1.45 bits per heavy atom. The largest absolute Gasteiger partial charge is 0.474 e. The summed E-state index contributed by atoms with van der Waals surface area (Å²) in [5.41, 5.74) is -0.470. The van der Waals surface area contributed by atoms with Gasteiger partial charge in [-0.2, -0.15) is 0 Å². The van der Waals surface area contributed by atoms with Crippen LogP contribution in [0.2, 0.25) is 0 Å². The number of aromatic amines is 1. The Hall–Kier alpha value is -1.25. The average molecular weight is 332 g/mol. The molecule has 10 heteroatoms. The number of fused-ring (bicyclic) bond motifs is 1. The highest BCUT2D eigenvalue weighted by Crippen LogP contribution is 2.55. The van der Waals surface area contributed by atoms with Gasteiger partial charge in [0.1, 0.15) is 18.4 Å². The number of ether oxygens (including phenoxy) is 1. The third kappa shape index (κ3) is 2.70. The van der Waals surface area contributed by atoms with Crippen molar-refractivity contribution in [3.05, 3.63) is 32.6 Å². The van der Waals surface area contributed by atoms with Crippen molar-refractivity contribution >= 4 is 7.82 Å². The first-order chi connectivity index (χ1) is 10.5. The molecule has 1 aromatic rings. The predicted octanol–water partition coefficient (Wildman–Crippen LogP) is 0.556. The summed E-state index contributed by atoms with van der Waals surface area (Å²) in [6, 6.07) is 0. The number of phosphoric acid groups is 1. The van der Waals surface area contributed by atoms with Crippen LogP contribution in [-0.2, 0) is 29.3 Å². The normalized spacial score (nSPS) is 34.5. The van der Waals surface area contributed by atoms with Gasteiger partial charge < -0.3 is 4.74 Å². The van der Waals surface area contributed by atoms with Crippen molar-refractivity contribution in [1.29, 1.82) is 0 Å². The molecular formula is C12H17N2O7P. The molecule has 4 atom stereocenters. The Bertz CT molecular complexity index is 727. The summed E-state index contributed by atoms with van der Waals surface area (Å²) in [4.78, 5) is 25.8. The lowest BCUT2D eigenvalue weighted by Gasteiger charge is -2.28. The molecule has 1 N–H and O–H groups in total. The number of hydrogen-bond acceptors (Lipinski definition) is 7. The van der Waals surface area contributed by atoms with E-state index >= 15 is 0 Å². The molecule has 0 saturated carbocycles. The zero-order valence-electron chi connectivity index (χ0n) is 12.2. The summed E-state index contributed by atoms with van der Waals surface area (Å²) >= 11 is 0. The van der Waals surface area contributed by atoms with Gasteiger partial charge in [-0.1, -0.05) is 6.92 Å². The lowest BCUT2D eigenvalue weighted by molar-refractivity contribution is -0.0701. The van der Waals surface area contributed by atoms with E-state index in [1.165, 1.54) is 17.9 Å². The van der Waals surface area contributed by atoms with Crippen molar-refractivity contribution in [1.82, 2.24) is 9.55 Å². The van der Waals surface area contributed by atoms with Crippen LogP contribution in [0.1, 0.15) is 25.1 Å². The number of nitrogens with zero attached hydrogens (tertiary/aromatic N) is 1. The first-order valence-corrected chi connectivity index (χ1v) is 8.40. The number of phosphoric ester groups is 1. The lowest BCUT2D eigenvalue weighted by Crippen LogP contribution is -2.34. The molecule has 2 aliphatic rings. The van der Waals surface area contributed by atoms with Crippen molar-refractivity contribution in [2.24, 2.45) is 0 Å². The van der Waals surface area contributed by atoms with Gasteiger partial charge in [-0.25, -0.2) is 9.36 Å². The van der Waals surface area contributed by atoms with Gasteiger partial charge in [-0.3, -0.25) is 27.9 Å². The van der Waals surface area contributed by atoms with E-state index in [4.69, 9.17) is 18.3 Å². The van der Waals surface area contributed by atoms with Gasteiger partial charge >= 0.3 is 13.5 Å². The van der Waals surface area contributed by atoms with Crippen LogP contribution >= 0.6 is 7.82 Å². The Morgan fingerprint density at radius 2 is 2.23 bits per heavy atom. The van der Waals surface area contributed by atoms with Crippen LogP contribution in [0.4, 0.5) is 0 Å². The minimum Gasteiger partial charge on any atom is -0.349 e. The lowest BCUT2D eigenvalue weighted by atomic mass is 10.2. The fourth-order valence-electron chi connectivity index (χ4n) is 2.58. The van der Waals surface area contributed by atoms with Gasteiger partial charge in [-0.15, -0.1) is 0 Å². The molecule has 1 aromatic heterocycles. The first kappa shape index (κ1) is 15.6. The molecule has 122 valence electrons. The third-order valence-electron chi connectivity index (χ3n) is 3.80. The van der Waals surface area contributed by atoms with Gasteiger partial charge in [-0.05, 0) is 6.42 Å². The average Bonchev–Trinajstić information content (AvgIpc) is 2.89. The molecule has 0 aliphatic carbocycles. The van der Waals surface area contributed by atoms with E-state index < -0.39 is 37.5 Å². The maximum atomic E-state index is 12.0. The van der Waals surface area contributed by atoms with Gasteiger partial charge in [0.05, 0.1) is 6.61 Å². The minimum atomic E-state index is -3.54. The quantitative estimate of drug-likeness (QED) is 0.805. The van der Waals surface area contributed by atoms with Crippen LogP contribution in [0.25, 0.3) is 0 Å². The number of nitrogens with one attached hydrogen (secondary N) is 1. The van der Waals surface area contributed by atoms with E-state index in [2.05, 4.69) is 4.98 Å². The number of rotatable bonds is 3. The molecule has 0 amide bonds. The number of aromatic nitrogens is 2. The van der Waals surface area contributed by atoms with Crippen LogP contribution < -0.4 is 11.2 Å². The molecular weight excluding hydrogens is 315 g/mol. The molecule has 2 aliphatic heterocycles. The van der Waals surface area contributed by atoms with Crippen molar-refractivity contribution in [2.75, 3.05) is 13.7 Å². The molecule has 0 radical (unpaired) electrons. The molecule has 3 heterocycles. The fraction of sp³-hybridized carbons (Fsp3) is 0.667. The highest BCUT2D eigenvalue weighted by molar-refractivity contribution is 7.48. The summed E-state index contributed by atoms with van der Waals surface area (Å²) in [6.07, 6.45) is 0.751. The second-order valence-electron chi connectivity index (χ2n) is 5.11. The van der Waals surface area contributed by atoms with E-state index in [1.54, 1.807) is 0 Å². The van der Waals surface area contributed by atoms with Crippen molar-refractivity contribution < 1.29 is 22.9 Å². The third-order valence-corrected chi connectivity index (χ3v) is 5.24. The zero-order valence-corrected chi connectivity index (χ0v) is 13.1. The van der Waals surface area contributed by atoms with Crippen molar-refractivity contribution in [3.8, 4) is 0 Å². The second-order valence-corrected chi connectivity index (χ2v) is 6.84. The summed E-state index contributed by atoms with van der Waals surface area (Å²) in [6.45, 7) is 1.88.